The van der Waals surface area contributed by atoms with Crippen LogP contribution in [-0.4, -0.2) is 74.2 Å². The highest BCUT2D eigenvalue weighted by Crippen LogP contribution is 2.69. The van der Waals surface area contributed by atoms with Crippen molar-refractivity contribution in [2.24, 2.45) is 64.1 Å². The van der Waals surface area contributed by atoms with Gasteiger partial charge >= 0.3 is 23.9 Å². The predicted octanol–water partition coefficient (Wildman–Crippen LogP) is 13.8. The fourth-order valence-electron chi connectivity index (χ4n) is 13.9. The Labute approximate surface area is 405 Å². The lowest BCUT2D eigenvalue weighted by Crippen LogP contribution is -2.50. The molecule has 0 radical (unpaired) electrons. The Bertz CT molecular complexity index is 1470. The van der Waals surface area contributed by atoms with Crippen molar-refractivity contribution in [3.05, 3.63) is 0 Å². The summed E-state index contributed by atoms with van der Waals surface area (Å²) in [5, 5.41) is 0. The largest absolute Gasteiger partial charge is 0.466 e. The first kappa shape index (κ1) is 61.8. The van der Waals surface area contributed by atoms with Gasteiger partial charge in [-0.1, -0.05) is 103 Å². The zero-order chi connectivity index (χ0) is 50.8. The topological polar surface area (TPSA) is 124 Å². The molecule has 8 aliphatic rings. The van der Waals surface area contributed by atoms with Gasteiger partial charge in [0.2, 0.25) is 0 Å². The molecule has 10 heteroatoms. The van der Waals surface area contributed by atoms with Gasteiger partial charge in [0.15, 0.2) is 0 Å². The number of hydrogen-bond acceptors (Lipinski definition) is 10. The van der Waals surface area contributed by atoms with E-state index in [1.54, 1.807) is 14.2 Å². The first-order chi connectivity index (χ1) is 31.2. The molecular weight excluding hydrogens is 833 g/mol. The fraction of sp³-hybridized carbons (Fsp3) is 0.929. The second-order valence-electron chi connectivity index (χ2n) is 20.8. The molecule has 10 nitrogen and oxygen atoms in total. The van der Waals surface area contributed by atoms with Crippen LogP contribution >= 0.6 is 0 Å². The van der Waals surface area contributed by atoms with Gasteiger partial charge in [-0.2, -0.15) is 0 Å². The average Bonchev–Trinajstić information content (AvgIpc) is 4.22. The lowest BCUT2D eigenvalue weighted by Gasteiger charge is -2.46. The Hall–Kier alpha value is -2.20. The van der Waals surface area contributed by atoms with E-state index in [2.05, 4.69) is 34.6 Å². The van der Waals surface area contributed by atoms with E-state index >= 15 is 0 Å². The SMILES string of the molecule is CC.CC.CC.CC.CC(=O)OCC1CC2CCC1C2.CCC(=O)OC1(C)C(C)C2(C)CCC1(C)C2.CCC(=O)OC1(C)C2CCC(C2)C1OC.COC12CCC(C1)C(C)C2COC(C)=O. The highest BCUT2D eigenvalue weighted by molar-refractivity contribution is 5.70. The molecule has 0 N–H and O–H groups in total. The van der Waals surface area contributed by atoms with Gasteiger partial charge in [0.1, 0.15) is 11.2 Å². The van der Waals surface area contributed by atoms with Gasteiger partial charge in [-0.15, -0.1) is 0 Å². The van der Waals surface area contributed by atoms with Gasteiger partial charge in [-0.05, 0) is 132 Å². The molecule has 0 saturated heterocycles. The van der Waals surface area contributed by atoms with Crippen molar-refractivity contribution >= 4 is 23.9 Å². The smallest absolute Gasteiger partial charge is 0.306 e. The average molecular weight is 937 g/mol. The summed E-state index contributed by atoms with van der Waals surface area (Å²) in [6, 6.07) is 0. The maximum absolute atomic E-state index is 11.6. The quantitative estimate of drug-likeness (QED) is 0.154. The van der Waals surface area contributed by atoms with Crippen molar-refractivity contribution < 1.29 is 47.6 Å². The van der Waals surface area contributed by atoms with E-state index < -0.39 is 0 Å². The molecule has 8 rings (SSSR count). The monoisotopic (exact) mass is 937 g/mol. The third-order valence-corrected chi connectivity index (χ3v) is 17.7. The van der Waals surface area contributed by atoms with Gasteiger partial charge < -0.3 is 28.4 Å². The molecular formula is C56H104O10. The van der Waals surface area contributed by atoms with Gasteiger partial charge in [-0.25, -0.2) is 0 Å². The maximum Gasteiger partial charge on any atom is 0.306 e. The summed E-state index contributed by atoms with van der Waals surface area (Å²) in [7, 11) is 3.52. The molecule has 0 aromatic heterocycles. The van der Waals surface area contributed by atoms with Crippen LogP contribution in [0.2, 0.25) is 0 Å². The molecule has 8 fully saturated rings. The number of rotatable bonds is 10. The molecule has 8 bridgehead atoms. The third-order valence-electron chi connectivity index (χ3n) is 17.7. The van der Waals surface area contributed by atoms with Crippen LogP contribution in [0.3, 0.4) is 0 Å². The third kappa shape index (κ3) is 14.0. The number of carbonyl (C=O) groups excluding carboxylic acids is 4. The zero-order valence-electron chi connectivity index (χ0n) is 46.4. The molecule has 8 aliphatic carbocycles. The van der Waals surface area contributed by atoms with Crippen LogP contribution in [0.1, 0.15) is 221 Å². The van der Waals surface area contributed by atoms with Gasteiger partial charge in [-0.3, -0.25) is 19.2 Å². The van der Waals surface area contributed by atoms with Crippen LogP contribution in [0.25, 0.3) is 0 Å². The molecule has 66 heavy (non-hydrogen) atoms. The first-order valence-corrected chi connectivity index (χ1v) is 27.0. The fourth-order valence-corrected chi connectivity index (χ4v) is 13.9. The Kier molecular flexibility index (Phi) is 26.1. The van der Waals surface area contributed by atoms with Crippen molar-refractivity contribution in [1.29, 1.82) is 0 Å². The minimum Gasteiger partial charge on any atom is -0.466 e. The summed E-state index contributed by atoms with van der Waals surface area (Å²) in [4.78, 5) is 44.5. The molecule has 0 heterocycles. The van der Waals surface area contributed by atoms with E-state index in [-0.39, 0.29) is 52.2 Å². The van der Waals surface area contributed by atoms with E-state index in [1.165, 1.54) is 78.1 Å². The van der Waals surface area contributed by atoms with Gasteiger partial charge in [0.05, 0.1) is 24.9 Å². The van der Waals surface area contributed by atoms with Crippen LogP contribution in [0, 0.1) is 64.1 Å². The van der Waals surface area contributed by atoms with E-state index in [9.17, 15) is 19.2 Å². The molecule has 0 aliphatic heterocycles. The normalized spacial score (nSPS) is 39.3. The van der Waals surface area contributed by atoms with Crippen molar-refractivity contribution in [3.63, 3.8) is 0 Å². The Morgan fingerprint density at radius 1 is 0.621 bits per heavy atom. The second kappa shape index (κ2) is 27.9. The number of hydrogen-bond donors (Lipinski definition) is 0. The Morgan fingerprint density at radius 3 is 1.65 bits per heavy atom. The summed E-state index contributed by atoms with van der Waals surface area (Å²) in [5.41, 5.74) is -0.0685. The Balaban J connectivity index is 0.000000419. The standard InChI is InChI=1S/C14H24O2.2C12H20O3.C10H16O2.4C2H6/c1-6-11(15)16-14(5)10(2)12(3)7-8-13(14,4)9-12;1-8-10-4-5-12(6-10,14-3)11(8)7-15-9(2)13;1-4-10(13)15-12(2)9-6-5-8(7-9)11(12)14-3;1-7(11)12-6-10-5-8-2-3-9(10)4-8;4*1-2/h10H,6-9H2,1-5H3;8,10-11H,4-7H2,1-3H3;8-9,11H,4-7H2,1-3H3;8-10H,2-6H2,1H3;4*1-2H3. The minimum atomic E-state index is -0.370. The number of ether oxygens (including phenoxy) is 6. The molecule has 15 unspecified atom stereocenters. The predicted molar refractivity (Wildman–Crippen MR) is 268 cm³/mol. The molecule has 15 atom stereocenters. The molecule has 0 amide bonds. The van der Waals surface area contributed by atoms with E-state index in [0.29, 0.717) is 67.0 Å². The van der Waals surface area contributed by atoms with Crippen LogP contribution in [0.5, 0.6) is 0 Å². The van der Waals surface area contributed by atoms with E-state index in [0.717, 1.165) is 37.0 Å². The summed E-state index contributed by atoms with van der Waals surface area (Å²) in [6.45, 7) is 37.2. The van der Waals surface area contributed by atoms with Crippen LogP contribution in [0.4, 0.5) is 0 Å². The van der Waals surface area contributed by atoms with Crippen molar-refractivity contribution in [1.82, 2.24) is 0 Å². The summed E-state index contributed by atoms with van der Waals surface area (Å²) in [5.74, 6) is 5.39. The lowest BCUT2D eigenvalue weighted by atomic mass is 9.66. The summed E-state index contributed by atoms with van der Waals surface area (Å²) in [6.07, 6.45) is 17.3. The summed E-state index contributed by atoms with van der Waals surface area (Å²) >= 11 is 0. The molecule has 0 aromatic carbocycles. The van der Waals surface area contributed by atoms with E-state index in [1.807, 2.05) is 76.2 Å². The van der Waals surface area contributed by atoms with Gasteiger partial charge in [0, 0.05) is 64.1 Å². The van der Waals surface area contributed by atoms with Gasteiger partial charge in [0.25, 0.3) is 0 Å². The van der Waals surface area contributed by atoms with Crippen molar-refractivity contribution in [2.45, 2.75) is 244 Å². The van der Waals surface area contributed by atoms with Crippen LogP contribution in [0.15, 0.2) is 0 Å². The van der Waals surface area contributed by atoms with Crippen LogP contribution < -0.4 is 0 Å². The zero-order valence-corrected chi connectivity index (χ0v) is 46.4. The highest BCUT2D eigenvalue weighted by atomic mass is 16.6. The maximum atomic E-state index is 11.6. The molecule has 0 spiro atoms. The van der Waals surface area contributed by atoms with E-state index in [4.69, 9.17) is 28.4 Å². The molecule has 388 valence electrons. The number of fused-ring (bicyclic) bond motifs is 8. The number of methoxy groups -OCH3 is 2. The second-order valence-corrected chi connectivity index (χ2v) is 20.8. The molecule has 0 aromatic rings. The summed E-state index contributed by atoms with van der Waals surface area (Å²) < 4.78 is 32.9. The number of esters is 4. The highest BCUT2D eigenvalue weighted by Gasteiger charge is 2.68. The van der Waals surface area contributed by atoms with Crippen molar-refractivity contribution in [3.8, 4) is 0 Å². The van der Waals surface area contributed by atoms with Crippen LogP contribution in [-0.2, 0) is 47.6 Å². The minimum absolute atomic E-state index is 0.000463. The van der Waals surface area contributed by atoms with Crippen molar-refractivity contribution in [2.75, 3.05) is 27.4 Å². The number of carbonyl (C=O) groups is 4. The molecule has 8 saturated carbocycles. The Morgan fingerprint density at radius 2 is 1.18 bits per heavy atom. The lowest BCUT2D eigenvalue weighted by molar-refractivity contribution is -0.182. The first-order valence-electron chi connectivity index (χ1n) is 27.0.